The van der Waals surface area contributed by atoms with Gasteiger partial charge in [0, 0.05) is 30.3 Å². The summed E-state index contributed by atoms with van der Waals surface area (Å²) in [7, 11) is 1.85. The molecule has 2 fully saturated rings. The monoisotopic (exact) mass is 396 g/mol. The highest BCUT2D eigenvalue weighted by molar-refractivity contribution is 5.86. The van der Waals surface area contributed by atoms with Crippen molar-refractivity contribution in [3.63, 3.8) is 0 Å². The smallest absolute Gasteiger partial charge is 0.407 e. The molecule has 0 radical (unpaired) electrons. The quantitative estimate of drug-likeness (QED) is 0.606. The lowest BCUT2D eigenvalue weighted by molar-refractivity contribution is 0.0967. The van der Waals surface area contributed by atoms with Crippen LogP contribution in [-0.4, -0.2) is 47.7 Å². The Morgan fingerprint density at radius 2 is 2.21 bits per heavy atom. The zero-order valence-electron chi connectivity index (χ0n) is 16.5. The molecule has 2 unspecified atom stereocenters. The Balaban J connectivity index is 1.22. The second-order valence-corrected chi connectivity index (χ2v) is 8.28. The number of carbonyl (C=O) groups is 1. The number of aromatic amines is 1. The van der Waals surface area contributed by atoms with Gasteiger partial charge in [0.25, 0.3) is 0 Å². The van der Waals surface area contributed by atoms with Crippen molar-refractivity contribution in [2.45, 2.75) is 56.6 Å². The predicted molar refractivity (Wildman–Crippen MR) is 106 cm³/mol. The lowest BCUT2D eigenvalue weighted by atomic mass is 10.0. The highest BCUT2D eigenvalue weighted by atomic mass is 16.6. The summed E-state index contributed by atoms with van der Waals surface area (Å²) in [5.41, 5.74) is 2.57. The zero-order chi connectivity index (χ0) is 20.0. The Morgan fingerprint density at radius 3 is 3.03 bits per heavy atom. The van der Waals surface area contributed by atoms with E-state index >= 15 is 0 Å². The number of carbonyl (C=O) groups excluding carboxylic acids is 1. The van der Waals surface area contributed by atoms with Crippen LogP contribution in [0, 0.1) is 0 Å². The fraction of sp³-hybridized carbons (Fsp3) is 0.526. The molecule has 3 aromatic rings. The third-order valence-electron chi connectivity index (χ3n) is 5.87. The van der Waals surface area contributed by atoms with E-state index in [1.54, 1.807) is 10.9 Å². The summed E-state index contributed by atoms with van der Waals surface area (Å²) in [5, 5.41) is 17.9. The van der Waals surface area contributed by atoms with Crippen LogP contribution in [0.4, 0.5) is 16.4 Å². The molecule has 3 N–H and O–H groups in total. The van der Waals surface area contributed by atoms with Crippen LogP contribution in [0.1, 0.15) is 50.6 Å². The number of hydrogen-bond acceptors (Lipinski definition) is 7. The number of rotatable bonds is 5. The minimum absolute atomic E-state index is 0.0562. The predicted octanol–water partition coefficient (Wildman–Crippen LogP) is 2.74. The molecular weight excluding hydrogens is 372 g/mol. The maximum atomic E-state index is 12.0. The lowest BCUT2D eigenvalue weighted by Gasteiger charge is -2.16. The van der Waals surface area contributed by atoms with Crippen LogP contribution in [0.15, 0.2) is 18.6 Å². The summed E-state index contributed by atoms with van der Waals surface area (Å²) in [6.07, 6.45) is 7.51. The molecule has 152 valence electrons. The SMILES string of the molecule is Cn1ncc2ncnc(Nc3cc(C4CCC(OC(=O)NC5(C)CC5)C4)[nH]n3)c21. The first kappa shape index (κ1) is 17.9. The normalized spacial score (nSPS) is 22.6. The molecule has 5 rings (SSSR count). The van der Waals surface area contributed by atoms with E-state index in [1.165, 1.54) is 6.33 Å². The van der Waals surface area contributed by atoms with Gasteiger partial charge in [0.2, 0.25) is 0 Å². The van der Waals surface area contributed by atoms with E-state index in [-0.39, 0.29) is 23.7 Å². The molecule has 0 spiro atoms. The Kier molecular flexibility index (Phi) is 4.14. The second-order valence-electron chi connectivity index (χ2n) is 8.28. The number of aryl methyl sites for hydroxylation is 1. The number of alkyl carbamates (subject to hydrolysis) is 1. The Labute approximate surface area is 167 Å². The summed E-state index contributed by atoms with van der Waals surface area (Å²) in [5.74, 6) is 1.63. The van der Waals surface area contributed by atoms with Crippen LogP contribution in [0.25, 0.3) is 11.0 Å². The van der Waals surface area contributed by atoms with E-state index in [9.17, 15) is 4.79 Å². The van der Waals surface area contributed by atoms with Gasteiger partial charge >= 0.3 is 6.09 Å². The molecule has 3 heterocycles. The number of fused-ring (bicyclic) bond motifs is 1. The molecule has 10 heteroatoms. The average molecular weight is 396 g/mol. The second kappa shape index (κ2) is 6.71. The summed E-state index contributed by atoms with van der Waals surface area (Å²) >= 11 is 0. The van der Waals surface area contributed by atoms with E-state index in [1.807, 2.05) is 20.0 Å². The van der Waals surface area contributed by atoms with Crippen molar-refractivity contribution in [2.75, 3.05) is 5.32 Å². The first-order valence-corrected chi connectivity index (χ1v) is 9.93. The number of anilines is 2. The molecule has 2 saturated carbocycles. The van der Waals surface area contributed by atoms with Gasteiger partial charge in [0.05, 0.1) is 6.20 Å². The van der Waals surface area contributed by atoms with E-state index < -0.39 is 0 Å². The number of hydrogen-bond donors (Lipinski definition) is 3. The van der Waals surface area contributed by atoms with Crippen LogP contribution < -0.4 is 10.6 Å². The van der Waals surface area contributed by atoms with E-state index in [0.29, 0.717) is 11.6 Å². The highest BCUT2D eigenvalue weighted by Crippen LogP contribution is 2.37. The molecule has 29 heavy (non-hydrogen) atoms. The van der Waals surface area contributed by atoms with Crippen molar-refractivity contribution in [3.05, 3.63) is 24.3 Å². The summed E-state index contributed by atoms with van der Waals surface area (Å²) in [6.45, 7) is 2.04. The molecule has 2 atom stereocenters. The van der Waals surface area contributed by atoms with E-state index in [0.717, 1.165) is 48.8 Å². The minimum Gasteiger partial charge on any atom is -0.446 e. The highest BCUT2D eigenvalue weighted by Gasteiger charge is 2.40. The van der Waals surface area contributed by atoms with Crippen molar-refractivity contribution in [1.29, 1.82) is 0 Å². The molecule has 10 nitrogen and oxygen atoms in total. The van der Waals surface area contributed by atoms with Crippen LogP contribution in [-0.2, 0) is 11.8 Å². The molecular formula is C19H24N8O2. The number of H-pyrrole nitrogens is 1. The first-order valence-electron chi connectivity index (χ1n) is 9.93. The number of aromatic nitrogens is 6. The molecule has 2 aliphatic carbocycles. The fourth-order valence-electron chi connectivity index (χ4n) is 3.90. The minimum atomic E-state index is -0.299. The van der Waals surface area contributed by atoms with Crippen molar-refractivity contribution in [2.24, 2.45) is 7.05 Å². The molecule has 0 bridgehead atoms. The first-order chi connectivity index (χ1) is 14.0. The van der Waals surface area contributed by atoms with Gasteiger partial charge in [-0.3, -0.25) is 9.78 Å². The number of amides is 1. The fourth-order valence-corrected chi connectivity index (χ4v) is 3.90. The van der Waals surface area contributed by atoms with Gasteiger partial charge < -0.3 is 15.4 Å². The van der Waals surface area contributed by atoms with Crippen molar-refractivity contribution < 1.29 is 9.53 Å². The van der Waals surface area contributed by atoms with Crippen molar-refractivity contribution in [3.8, 4) is 0 Å². The van der Waals surface area contributed by atoms with Crippen LogP contribution >= 0.6 is 0 Å². The lowest BCUT2D eigenvalue weighted by Crippen LogP contribution is -2.36. The molecule has 0 saturated heterocycles. The third-order valence-corrected chi connectivity index (χ3v) is 5.87. The molecule has 0 aromatic carbocycles. The zero-order valence-corrected chi connectivity index (χ0v) is 16.5. The van der Waals surface area contributed by atoms with Crippen LogP contribution in [0.2, 0.25) is 0 Å². The van der Waals surface area contributed by atoms with Gasteiger partial charge in [-0.1, -0.05) is 0 Å². The van der Waals surface area contributed by atoms with Gasteiger partial charge in [-0.15, -0.1) is 0 Å². The standard InChI is InChI=1S/C19H24N8O2/c1-19(5-6-19)24-18(28)29-12-4-3-11(7-12)13-8-15(26-25-13)23-17-16-14(20-10-21-17)9-22-27(16)2/h8-12H,3-7H2,1-2H3,(H,24,28)(H2,20,21,23,25,26). The Morgan fingerprint density at radius 1 is 1.34 bits per heavy atom. The van der Waals surface area contributed by atoms with Crippen molar-refractivity contribution in [1.82, 2.24) is 35.3 Å². The van der Waals surface area contributed by atoms with Gasteiger partial charge in [-0.2, -0.15) is 10.2 Å². The van der Waals surface area contributed by atoms with Gasteiger partial charge in [0.15, 0.2) is 11.6 Å². The summed E-state index contributed by atoms with van der Waals surface area (Å²) < 4.78 is 7.34. The number of nitrogens with zero attached hydrogens (tertiary/aromatic N) is 5. The van der Waals surface area contributed by atoms with Gasteiger partial charge in [-0.05, 0) is 39.0 Å². The van der Waals surface area contributed by atoms with Gasteiger partial charge in [0.1, 0.15) is 23.5 Å². The Bertz CT molecular complexity index is 1050. The number of nitrogens with one attached hydrogen (secondary N) is 3. The number of ether oxygens (including phenoxy) is 1. The topological polar surface area (TPSA) is 123 Å². The average Bonchev–Trinajstić information content (AvgIpc) is 3.10. The third kappa shape index (κ3) is 3.62. The molecule has 0 aliphatic heterocycles. The van der Waals surface area contributed by atoms with Crippen LogP contribution in [0.3, 0.4) is 0 Å². The van der Waals surface area contributed by atoms with E-state index in [2.05, 4.69) is 35.9 Å². The van der Waals surface area contributed by atoms with Crippen molar-refractivity contribution >= 4 is 28.8 Å². The largest absolute Gasteiger partial charge is 0.446 e. The maximum absolute atomic E-state index is 12.0. The van der Waals surface area contributed by atoms with E-state index in [4.69, 9.17) is 4.74 Å². The maximum Gasteiger partial charge on any atom is 0.407 e. The van der Waals surface area contributed by atoms with Gasteiger partial charge in [-0.25, -0.2) is 14.8 Å². The summed E-state index contributed by atoms with van der Waals surface area (Å²) in [4.78, 5) is 20.6. The Hall–Kier alpha value is -3.17. The molecule has 1 amide bonds. The molecule has 2 aliphatic rings. The molecule has 3 aromatic heterocycles. The van der Waals surface area contributed by atoms with Crippen LogP contribution in [0.5, 0.6) is 0 Å². The summed E-state index contributed by atoms with van der Waals surface area (Å²) in [6, 6.07) is 1.99.